The van der Waals surface area contributed by atoms with Gasteiger partial charge in [-0.25, -0.2) is 4.98 Å². The van der Waals surface area contributed by atoms with Gasteiger partial charge in [0.25, 0.3) is 0 Å². The molecule has 0 saturated carbocycles. The standard InChI is InChI=1S/C21H31N7O2/c1-16-13-27(6-8-29-16)20-10-17(4-5-23-20)11-24-21(22-2)28-7-9-30-19(15-28)18-12-25-26(3)14-18/h4-5,10,12,14,16,19H,6-9,11,13,15H2,1-3H3,(H,22,24). The third-order valence-corrected chi connectivity index (χ3v) is 5.50. The van der Waals surface area contributed by atoms with E-state index in [1.807, 2.05) is 38.8 Å². The molecule has 4 heterocycles. The normalized spacial score (nSPS) is 23.0. The molecule has 2 aromatic rings. The van der Waals surface area contributed by atoms with Gasteiger partial charge in [-0.2, -0.15) is 5.10 Å². The van der Waals surface area contributed by atoms with Gasteiger partial charge in [-0.05, 0) is 24.6 Å². The number of nitrogens with zero attached hydrogens (tertiary/aromatic N) is 6. The lowest BCUT2D eigenvalue weighted by atomic mass is 10.1. The predicted molar refractivity (Wildman–Crippen MR) is 116 cm³/mol. The van der Waals surface area contributed by atoms with Crippen LogP contribution in [0.4, 0.5) is 5.82 Å². The van der Waals surface area contributed by atoms with Crippen LogP contribution in [0.5, 0.6) is 0 Å². The number of nitrogens with one attached hydrogen (secondary N) is 1. The minimum absolute atomic E-state index is 0.00170. The van der Waals surface area contributed by atoms with Gasteiger partial charge in [0.2, 0.25) is 0 Å². The van der Waals surface area contributed by atoms with Crippen LogP contribution >= 0.6 is 0 Å². The molecule has 2 aromatic heterocycles. The van der Waals surface area contributed by atoms with Crippen LogP contribution in [0.3, 0.4) is 0 Å². The van der Waals surface area contributed by atoms with Crippen molar-refractivity contribution >= 4 is 11.8 Å². The number of ether oxygens (including phenoxy) is 2. The molecule has 0 spiro atoms. The van der Waals surface area contributed by atoms with Gasteiger partial charge >= 0.3 is 0 Å². The molecule has 2 aliphatic heterocycles. The molecule has 2 saturated heterocycles. The summed E-state index contributed by atoms with van der Waals surface area (Å²) in [5.74, 6) is 1.88. The zero-order valence-corrected chi connectivity index (χ0v) is 18.0. The molecule has 9 nitrogen and oxygen atoms in total. The van der Waals surface area contributed by atoms with Gasteiger partial charge in [-0.3, -0.25) is 9.67 Å². The predicted octanol–water partition coefficient (Wildman–Crippen LogP) is 1.19. The molecular formula is C21H31N7O2. The van der Waals surface area contributed by atoms with E-state index in [4.69, 9.17) is 9.47 Å². The fourth-order valence-electron chi connectivity index (χ4n) is 3.93. The number of aromatic nitrogens is 3. The summed E-state index contributed by atoms with van der Waals surface area (Å²) >= 11 is 0. The van der Waals surface area contributed by atoms with E-state index < -0.39 is 0 Å². The van der Waals surface area contributed by atoms with Crippen LogP contribution in [-0.4, -0.2) is 78.2 Å². The number of hydrogen-bond acceptors (Lipinski definition) is 6. The van der Waals surface area contributed by atoms with Crippen LogP contribution in [0, 0.1) is 0 Å². The third-order valence-electron chi connectivity index (χ3n) is 5.50. The lowest BCUT2D eigenvalue weighted by Crippen LogP contribution is -2.47. The molecule has 2 aliphatic rings. The number of guanidine groups is 1. The van der Waals surface area contributed by atoms with Crippen LogP contribution in [0.1, 0.15) is 24.2 Å². The molecular weight excluding hydrogens is 382 g/mol. The highest BCUT2D eigenvalue weighted by Gasteiger charge is 2.25. The Morgan fingerprint density at radius 3 is 2.90 bits per heavy atom. The summed E-state index contributed by atoms with van der Waals surface area (Å²) in [6, 6.07) is 4.20. The van der Waals surface area contributed by atoms with Gasteiger partial charge in [0, 0.05) is 58.2 Å². The first-order valence-electron chi connectivity index (χ1n) is 10.5. The largest absolute Gasteiger partial charge is 0.375 e. The van der Waals surface area contributed by atoms with Crippen LogP contribution in [0.2, 0.25) is 0 Å². The van der Waals surface area contributed by atoms with Crippen LogP contribution < -0.4 is 10.2 Å². The molecule has 9 heteroatoms. The molecule has 2 atom stereocenters. The fourth-order valence-corrected chi connectivity index (χ4v) is 3.93. The Bertz CT molecular complexity index is 869. The zero-order valence-electron chi connectivity index (χ0n) is 18.0. The summed E-state index contributed by atoms with van der Waals surface area (Å²) in [6.07, 6.45) is 5.99. The monoisotopic (exact) mass is 413 g/mol. The van der Waals surface area contributed by atoms with Crippen molar-refractivity contribution in [2.75, 3.05) is 51.3 Å². The third kappa shape index (κ3) is 4.91. The SMILES string of the molecule is CN=C(NCc1ccnc(N2CCOC(C)C2)c1)N1CCOC(c2cnn(C)c2)C1. The number of pyridine rings is 1. The first-order chi connectivity index (χ1) is 14.6. The van der Waals surface area contributed by atoms with Crippen molar-refractivity contribution < 1.29 is 9.47 Å². The Hall–Kier alpha value is -2.65. The molecule has 162 valence electrons. The lowest BCUT2D eigenvalue weighted by molar-refractivity contribution is -0.00805. The van der Waals surface area contributed by atoms with E-state index in [9.17, 15) is 0 Å². The quantitative estimate of drug-likeness (QED) is 0.596. The molecule has 0 bridgehead atoms. The molecule has 2 unspecified atom stereocenters. The second-order valence-corrected chi connectivity index (χ2v) is 7.80. The number of anilines is 1. The van der Waals surface area contributed by atoms with Crippen molar-refractivity contribution in [2.24, 2.45) is 12.0 Å². The van der Waals surface area contributed by atoms with Crippen molar-refractivity contribution in [3.63, 3.8) is 0 Å². The Morgan fingerprint density at radius 2 is 2.13 bits per heavy atom. The molecule has 30 heavy (non-hydrogen) atoms. The highest BCUT2D eigenvalue weighted by atomic mass is 16.5. The number of aliphatic imine (C=N–C) groups is 1. The Kier molecular flexibility index (Phi) is 6.49. The smallest absolute Gasteiger partial charge is 0.194 e. The number of aryl methyl sites for hydroxylation is 1. The molecule has 1 N–H and O–H groups in total. The van der Waals surface area contributed by atoms with Crippen molar-refractivity contribution in [3.05, 3.63) is 41.9 Å². The summed E-state index contributed by atoms with van der Waals surface area (Å²) in [6.45, 7) is 7.50. The molecule has 0 radical (unpaired) electrons. The minimum atomic E-state index is 0.00170. The molecule has 0 amide bonds. The zero-order chi connectivity index (χ0) is 20.9. The van der Waals surface area contributed by atoms with Gasteiger partial charge in [-0.15, -0.1) is 0 Å². The summed E-state index contributed by atoms with van der Waals surface area (Å²) in [4.78, 5) is 13.6. The summed E-state index contributed by atoms with van der Waals surface area (Å²) in [5.41, 5.74) is 2.27. The lowest BCUT2D eigenvalue weighted by Gasteiger charge is -2.35. The highest BCUT2D eigenvalue weighted by Crippen LogP contribution is 2.22. The maximum atomic E-state index is 5.95. The first-order valence-corrected chi connectivity index (χ1v) is 10.5. The number of morpholine rings is 2. The van der Waals surface area contributed by atoms with Gasteiger partial charge in [0.1, 0.15) is 11.9 Å². The van der Waals surface area contributed by atoms with Gasteiger partial charge in [0.15, 0.2) is 5.96 Å². The van der Waals surface area contributed by atoms with E-state index in [2.05, 4.69) is 43.2 Å². The fraction of sp³-hybridized carbons (Fsp3) is 0.571. The summed E-state index contributed by atoms with van der Waals surface area (Å²) < 4.78 is 13.4. The molecule has 0 aliphatic carbocycles. The molecule has 4 rings (SSSR count). The van der Waals surface area contributed by atoms with Crippen molar-refractivity contribution in [1.29, 1.82) is 0 Å². The van der Waals surface area contributed by atoms with Crippen molar-refractivity contribution in [1.82, 2.24) is 25.0 Å². The van der Waals surface area contributed by atoms with E-state index >= 15 is 0 Å². The highest BCUT2D eigenvalue weighted by molar-refractivity contribution is 5.80. The van der Waals surface area contributed by atoms with Gasteiger partial charge in [0.05, 0.1) is 32.1 Å². The van der Waals surface area contributed by atoms with Crippen molar-refractivity contribution in [2.45, 2.75) is 25.7 Å². The molecule has 2 fully saturated rings. The van der Waals surface area contributed by atoms with Crippen molar-refractivity contribution in [3.8, 4) is 0 Å². The average Bonchev–Trinajstić information content (AvgIpc) is 3.21. The Labute approximate surface area is 177 Å². The Morgan fingerprint density at radius 1 is 1.27 bits per heavy atom. The van der Waals surface area contributed by atoms with E-state index in [1.54, 1.807) is 4.68 Å². The average molecular weight is 414 g/mol. The maximum Gasteiger partial charge on any atom is 0.194 e. The maximum absolute atomic E-state index is 5.95. The van der Waals surface area contributed by atoms with Crippen LogP contribution in [0.25, 0.3) is 0 Å². The second-order valence-electron chi connectivity index (χ2n) is 7.80. The second kappa shape index (κ2) is 9.44. The van der Waals surface area contributed by atoms with E-state index in [1.165, 1.54) is 5.56 Å². The minimum Gasteiger partial charge on any atom is -0.375 e. The van der Waals surface area contributed by atoms with Gasteiger partial charge < -0.3 is 24.6 Å². The number of rotatable bonds is 4. The van der Waals surface area contributed by atoms with Crippen LogP contribution in [-0.2, 0) is 23.1 Å². The van der Waals surface area contributed by atoms with Gasteiger partial charge in [-0.1, -0.05) is 0 Å². The topological polar surface area (TPSA) is 80.0 Å². The number of hydrogen-bond donors (Lipinski definition) is 1. The summed E-state index contributed by atoms with van der Waals surface area (Å²) in [5, 5.41) is 7.76. The molecule has 0 aromatic carbocycles. The van der Waals surface area contributed by atoms with Crippen LogP contribution in [0.15, 0.2) is 35.7 Å². The first kappa shape index (κ1) is 20.6. The van der Waals surface area contributed by atoms with E-state index in [0.717, 1.165) is 50.1 Å². The van der Waals surface area contributed by atoms with E-state index in [-0.39, 0.29) is 12.2 Å². The Balaban J connectivity index is 1.37. The summed E-state index contributed by atoms with van der Waals surface area (Å²) in [7, 11) is 3.75. The van der Waals surface area contributed by atoms with E-state index in [0.29, 0.717) is 13.2 Å².